The number of nitrogens with one attached hydrogen (secondary N) is 2. The van der Waals surface area contributed by atoms with E-state index >= 15 is 0 Å². The summed E-state index contributed by atoms with van der Waals surface area (Å²) in [7, 11) is -1.63. The normalized spacial score (nSPS) is 11.8. The Morgan fingerprint density at radius 3 is 1.12 bits per heavy atom. The van der Waals surface area contributed by atoms with Crippen molar-refractivity contribution in [3.05, 3.63) is 203 Å². The smallest absolute Gasteiger partial charge is 0.129 e. The van der Waals surface area contributed by atoms with Crippen molar-refractivity contribution >= 4 is 54.4 Å². The minimum Gasteiger partial charge on any atom is -0.378 e. The lowest BCUT2D eigenvalue weighted by atomic mass is 10.0. The highest BCUT2D eigenvalue weighted by Crippen LogP contribution is 2.38. The van der Waals surface area contributed by atoms with E-state index in [9.17, 15) is 5.11 Å². The van der Waals surface area contributed by atoms with E-state index in [4.69, 9.17) is 9.97 Å². The van der Waals surface area contributed by atoms with Gasteiger partial charge in [0.25, 0.3) is 0 Å². The Balaban J connectivity index is 1.18. The first-order valence-corrected chi connectivity index (χ1v) is 26.3. The molecular weight excluding hydrogens is 845 g/mol. The Labute approximate surface area is 399 Å². The van der Waals surface area contributed by atoms with Crippen molar-refractivity contribution in [3.8, 4) is 79.7 Å². The van der Waals surface area contributed by atoms with Crippen LogP contribution >= 0.6 is 0 Å². The lowest BCUT2D eigenvalue weighted by molar-refractivity contribution is 0.143. The maximum atomic E-state index is 10.3. The standard InChI is InChI=1S/C62H48N4OSi/c1-62(2,67)37-35-44-39-43(40-45(41-44)36-38-68(3,4)5)22-21-42-23-25-49(26-24-42)61-56-33-31-54(65-56)59(47-17-11-7-12-18-47)52-29-27-50(63-52)58(46-15-9-6-10-16-46)51-28-30-53(64-51)60(48-19-13-8-14-20-48)55-32-34-57(61)66-55/h6-20,23-34,39-41,63,66-67H,1-5H3. The molecule has 68 heavy (non-hydrogen) atoms. The maximum Gasteiger partial charge on any atom is 0.129 e. The molecule has 326 valence electrons. The zero-order valence-corrected chi connectivity index (χ0v) is 39.7. The molecule has 0 saturated carbocycles. The van der Waals surface area contributed by atoms with Gasteiger partial charge in [-0.2, -0.15) is 0 Å². The molecule has 0 fully saturated rings. The number of benzene rings is 5. The number of nitrogens with zero attached hydrogens (tertiary/aromatic N) is 2. The summed E-state index contributed by atoms with van der Waals surface area (Å²) < 4.78 is 0. The molecule has 5 nitrogen and oxygen atoms in total. The SMILES string of the molecule is CC(C)(O)C#Cc1cc(C#Cc2ccc(-c3c4nc(c(-c5ccccc5)c5ccc([nH]5)c(-c5ccccc5)c5nc(c(-c6ccccc6)c6ccc3[nH]6)C=C5)C=C4)cc2)cc(C#C[Si](C)(C)C)c1. The highest BCUT2D eigenvalue weighted by Gasteiger charge is 2.19. The van der Waals surface area contributed by atoms with Crippen molar-refractivity contribution in [2.45, 2.75) is 39.1 Å². The summed E-state index contributed by atoms with van der Waals surface area (Å²) in [5.41, 5.74) is 21.0. The van der Waals surface area contributed by atoms with Gasteiger partial charge in [-0.25, -0.2) is 9.97 Å². The van der Waals surface area contributed by atoms with E-state index in [1.54, 1.807) is 13.8 Å². The molecule has 0 unspecified atom stereocenters. The molecule has 8 aromatic rings. The van der Waals surface area contributed by atoms with Crippen LogP contribution in [0.1, 0.15) is 58.9 Å². The van der Waals surface area contributed by atoms with E-state index in [2.05, 4.69) is 210 Å². The van der Waals surface area contributed by atoms with E-state index in [1.165, 1.54) is 0 Å². The molecule has 8 bridgehead atoms. The third-order valence-electron chi connectivity index (χ3n) is 11.5. The second-order valence-corrected chi connectivity index (χ2v) is 23.3. The Kier molecular flexibility index (Phi) is 11.6. The second-order valence-electron chi connectivity index (χ2n) is 18.5. The summed E-state index contributed by atoms with van der Waals surface area (Å²) in [5.74, 6) is 16.2. The minimum absolute atomic E-state index is 0.763. The van der Waals surface area contributed by atoms with Gasteiger partial charge in [0.2, 0.25) is 0 Å². The molecule has 3 N–H and O–H groups in total. The molecule has 5 aromatic carbocycles. The van der Waals surface area contributed by atoms with Gasteiger partial charge in [0, 0.05) is 66.6 Å². The first-order chi connectivity index (χ1) is 32.9. The molecule has 0 saturated heterocycles. The summed E-state index contributed by atoms with van der Waals surface area (Å²) >= 11 is 0. The Hall–Kier alpha value is -8.44. The predicted molar refractivity (Wildman–Crippen MR) is 286 cm³/mol. The van der Waals surface area contributed by atoms with Crippen LogP contribution < -0.4 is 0 Å². The summed E-state index contributed by atoms with van der Waals surface area (Å²) in [6.45, 7) is 10.0. The zero-order chi connectivity index (χ0) is 46.8. The van der Waals surface area contributed by atoms with Gasteiger partial charge in [-0.15, -0.1) is 5.54 Å². The number of aliphatic hydroxyl groups is 1. The molecule has 0 amide bonds. The molecule has 0 spiro atoms. The summed E-state index contributed by atoms with van der Waals surface area (Å²) in [6, 6.07) is 54.3. The van der Waals surface area contributed by atoms with Crippen LogP contribution in [0.4, 0.5) is 0 Å². The molecule has 2 aliphatic rings. The van der Waals surface area contributed by atoms with Crippen molar-refractivity contribution in [1.29, 1.82) is 0 Å². The number of fused-ring (bicyclic) bond motifs is 8. The molecule has 0 radical (unpaired) electrons. The van der Waals surface area contributed by atoms with Crippen molar-refractivity contribution in [3.63, 3.8) is 0 Å². The van der Waals surface area contributed by atoms with Gasteiger partial charge in [0.1, 0.15) is 13.7 Å². The third-order valence-corrected chi connectivity index (χ3v) is 12.4. The van der Waals surface area contributed by atoms with Crippen LogP contribution in [0, 0.1) is 35.1 Å². The number of rotatable bonds is 4. The molecule has 6 heteroatoms. The minimum atomic E-state index is -1.63. The van der Waals surface area contributed by atoms with Gasteiger partial charge in [0.05, 0.1) is 22.8 Å². The molecule has 10 rings (SSSR count). The summed E-state index contributed by atoms with van der Waals surface area (Å²) in [4.78, 5) is 18.5. The third kappa shape index (κ3) is 9.59. The first-order valence-electron chi connectivity index (χ1n) is 22.8. The van der Waals surface area contributed by atoms with E-state index in [-0.39, 0.29) is 0 Å². The summed E-state index contributed by atoms with van der Waals surface area (Å²) in [5, 5.41) is 10.3. The Morgan fingerprint density at radius 2 is 0.750 bits per heavy atom. The van der Waals surface area contributed by atoms with Crippen LogP contribution in [0.25, 0.3) is 90.9 Å². The molecule has 3 aromatic heterocycles. The molecular formula is C62H48N4OSi. The molecule has 5 heterocycles. The Morgan fingerprint density at radius 1 is 0.412 bits per heavy atom. The van der Waals surface area contributed by atoms with Gasteiger partial charge in [-0.1, -0.05) is 152 Å². The quantitative estimate of drug-likeness (QED) is 0.122. The monoisotopic (exact) mass is 892 g/mol. The van der Waals surface area contributed by atoms with Crippen LogP contribution in [0.15, 0.2) is 158 Å². The number of hydrogen-bond donors (Lipinski definition) is 3. The van der Waals surface area contributed by atoms with Crippen molar-refractivity contribution in [2.75, 3.05) is 0 Å². The van der Waals surface area contributed by atoms with E-state index in [1.807, 2.05) is 36.4 Å². The largest absolute Gasteiger partial charge is 0.378 e. The van der Waals surface area contributed by atoms with Gasteiger partial charge in [-0.3, -0.25) is 0 Å². The second kappa shape index (κ2) is 18.1. The van der Waals surface area contributed by atoms with E-state index in [0.717, 1.165) is 112 Å². The van der Waals surface area contributed by atoms with Crippen molar-refractivity contribution in [2.24, 2.45) is 0 Å². The molecule has 0 atom stereocenters. The van der Waals surface area contributed by atoms with E-state index in [0.29, 0.717) is 0 Å². The maximum absolute atomic E-state index is 10.3. The Bertz CT molecular complexity index is 3590. The van der Waals surface area contributed by atoms with Crippen molar-refractivity contribution < 1.29 is 5.11 Å². The lowest BCUT2D eigenvalue weighted by Gasteiger charge is -2.07. The van der Waals surface area contributed by atoms with Crippen LogP contribution in [0.3, 0.4) is 0 Å². The van der Waals surface area contributed by atoms with Crippen LogP contribution in [0.5, 0.6) is 0 Å². The topological polar surface area (TPSA) is 77.6 Å². The van der Waals surface area contributed by atoms with Crippen LogP contribution in [0.2, 0.25) is 19.6 Å². The van der Waals surface area contributed by atoms with Gasteiger partial charge >= 0.3 is 0 Å². The first kappa shape index (κ1) is 43.4. The van der Waals surface area contributed by atoms with Gasteiger partial charge in [0.15, 0.2) is 0 Å². The highest BCUT2D eigenvalue weighted by atomic mass is 28.3. The fraction of sp³-hybridized carbons (Fsp3) is 0.0968. The molecule has 0 aliphatic carbocycles. The zero-order valence-electron chi connectivity index (χ0n) is 38.7. The summed E-state index contributed by atoms with van der Waals surface area (Å²) in [6.07, 6.45) is 8.49. The van der Waals surface area contributed by atoms with Crippen molar-refractivity contribution in [1.82, 2.24) is 19.9 Å². The highest BCUT2D eigenvalue weighted by molar-refractivity contribution is 6.83. The number of aromatic amines is 2. The average Bonchev–Trinajstić information content (AvgIpc) is 4.19. The lowest BCUT2D eigenvalue weighted by Crippen LogP contribution is -2.16. The number of aromatic nitrogens is 4. The van der Waals surface area contributed by atoms with Gasteiger partial charge < -0.3 is 15.1 Å². The fourth-order valence-corrected chi connectivity index (χ4v) is 8.95. The predicted octanol–water partition coefficient (Wildman–Crippen LogP) is 14.1. The van der Waals surface area contributed by atoms with E-state index < -0.39 is 13.7 Å². The number of hydrogen-bond acceptors (Lipinski definition) is 3. The average molecular weight is 893 g/mol. The fourth-order valence-electron chi connectivity index (χ4n) is 8.43. The van der Waals surface area contributed by atoms with Crippen LogP contribution in [-0.2, 0) is 0 Å². The van der Waals surface area contributed by atoms with Crippen LogP contribution in [-0.4, -0.2) is 38.7 Å². The number of H-pyrrole nitrogens is 2. The molecule has 2 aliphatic heterocycles. The van der Waals surface area contributed by atoms with Gasteiger partial charge in [-0.05, 0) is 115 Å².